The van der Waals surface area contributed by atoms with Crippen molar-refractivity contribution in [3.05, 3.63) is 0 Å². The van der Waals surface area contributed by atoms with Gasteiger partial charge in [-0.1, -0.05) is 207 Å². The molecule has 1 atom stereocenters. The van der Waals surface area contributed by atoms with Gasteiger partial charge in [0.25, 0.3) is 0 Å². The zero-order chi connectivity index (χ0) is 36.6. The first kappa shape index (κ1) is 48.4. The summed E-state index contributed by atoms with van der Waals surface area (Å²) in [7, 11) is 0. The highest BCUT2D eigenvalue weighted by molar-refractivity contribution is 5.71. The maximum Gasteiger partial charge on any atom is 0.306 e. The topological polar surface area (TPSA) is 78.9 Å². The molecule has 6 heteroatoms. The molecule has 0 rings (SSSR count). The van der Waals surface area contributed by atoms with Gasteiger partial charge < -0.3 is 14.2 Å². The molecule has 0 fully saturated rings. The van der Waals surface area contributed by atoms with Crippen molar-refractivity contribution >= 4 is 17.9 Å². The van der Waals surface area contributed by atoms with E-state index < -0.39 is 6.10 Å². The van der Waals surface area contributed by atoms with Crippen molar-refractivity contribution in [2.24, 2.45) is 0 Å². The largest absolute Gasteiger partial charge is 0.462 e. The second kappa shape index (κ2) is 40.2. The molecule has 0 aliphatic rings. The van der Waals surface area contributed by atoms with Gasteiger partial charge in [-0.2, -0.15) is 0 Å². The summed E-state index contributed by atoms with van der Waals surface area (Å²) in [5, 5.41) is 0. The lowest BCUT2D eigenvalue weighted by atomic mass is 10.0. The molecule has 0 aliphatic carbocycles. The molecule has 6 nitrogen and oxygen atoms in total. The minimum atomic E-state index is -0.756. The fourth-order valence-corrected chi connectivity index (χ4v) is 6.50. The van der Waals surface area contributed by atoms with E-state index in [0.29, 0.717) is 19.3 Å². The highest BCUT2D eigenvalue weighted by Gasteiger charge is 2.19. The second-order valence-corrected chi connectivity index (χ2v) is 15.0. The van der Waals surface area contributed by atoms with Gasteiger partial charge in [0, 0.05) is 19.3 Å². The van der Waals surface area contributed by atoms with Crippen molar-refractivity contribution in [2.75, 3.05) is 13.2 Å². The summed E-state index contributed by atoms with van der Waals surface area (Å²) in [6.45, 7) is 6.61. The SMILES string of the molecule is CCCCCCCCCCCCCCC(=O)OCC(COC(=O)CCCCCCCCCC)OC(=O)CCCCCCCCCCCCCC. The van der Waals surface area contributed by atoms with Crippen LogP contribution in [0.5, 0.6) is 0 Å². The molecule has 0 saturated heterocycles. The van der Waals surface area contributed by atoms with Crippen LogP contribution in [0.1, 0.15) is 245 Å². The van der Waals surface area contributed by atoms with Crippen LogP contribution in [0.3, 0.4) is 0 Å². The van der Waals surface area contributed by atoms with Gasteiger partial charge >= 0.3 is 17.9 Å². The third-order valence-electron chi connectivity index (χ3n) is 9.86. The summed E-state index contributed by atoms with van der Waals surface area (Å²) in [6.07, 6.45) is 39.4. The number of hydrogen-bond donors (Lipinski definition) is 0. The van der Waals surface area contributed by atoms with E-state index in [1.165, 1.54) is 148 Å². The maximum absolute atomic E-state index is 12.7. The van der Waals surface area contributed by atoms with Gasteiger partial charge in [0.15, 0.2) is 6.10 Å². The first-order valence-electron chi connectivity index (χ1n) is 22.0. The molecule has 1 unspecified atom stereocenters. The Hall–Kier alpha value is -1.59. The van der Waals surface area contributed by atoms with E-state index in [-0.39, 0.29) is 31.1 Å². The molecule has 0 N–H and O–H groups in total. The van der Waals surface area contributed by atoms with Crippen LogP contribution in [0.15, 0.2) is 0 Å². The van der Waals surface area contributed by atoms with Crippen molar-refractivity contribution in [1.82, 2.24) is 0 Å². The molecule has 0 spiro atoms. The van der Waals surface area contributed by atoms with Crippen LogP contribution in [0.25, 0.3) is 0 Å². The van der Waals surface area contributed by atoms with Crippen LogP contribution in [-0.4, -0.2) is 37.2 Å². The molecule has 0 radical (unpaired) electrons. The lowest BCUT2D eigenvalue weighted by molar-refractivity contribution is -0.167. The van der Waals surface area contributed by atoms with Crippen molar-refractivity contribution in [3.8, 4) is 0 Å². The fourth-order valence-electron chi connectivity index (χ4n) is 6.50. The van der Waals surface area contributed by atoms with Crippen molar-refractivity contribution in [1.29, 1.82) is 0 Å². The smallest absolute Gasteiger partial charge is 0.306 e. The van der Waals surface area contributed by atoms with Gasteiger partial charge in [-0.3, -0.25) is 14.4 Å². The van der Waals surface area contributed by atoms with Crippen LogP contribution >= 0.6 is 0 Å². The normalized spacial score (nSPS) is 11.8. The van der Waals surface area contributed by atoms with Gasteiger partial charge in [-0.25, -0.2) is 0 Å². The van der Waals surface area contributed by atoms with Gasteiger partial charge in [0.05, 0.1) is 0 Å². The summed E-state index contributed by atoms with van der Waals surface area (Å²) in [6, 6.07) is 0. The zero-order valence-corrected chi connectivity index (χ0v) is 33.7. The first-order valence-corrected chi connectivity index (χ1v) is 22.0. The predicted molar refractivity (Wildman–Crippen MR) is 210 cm³/mol. The van der Waals surface area contributed by atoms with Crippen molar-refractivity contribution < 1.29 is 28.6 Å². The molecular formula is C44H84O6. The zero-order valence-electron chi connectivity index (χ0n) is 33.7. The molecule has 296 valence electrons. The molecule has 50 heavy (non-hydrogen) atoms. The number of ether oxygens (including phenoxy) is 3. The molecule has 0 heterocycles. The van der Waals surface area contributed by atoms with Gasteiger partial charge in [0.1, 0.15) is 13.2 Å². The Bertz CT molecular complexity index is 738. The minimum absolute atomic E-state index is 0.0632. The van der Waals surface area contributed by atoms with E-state index >= 15 is 0 Å². The van der Waals surface area contributed by atoms with Crippen molar-refractivity contribution in [3.63, 3.8) is 0 Å². The van der Waals surface area contributed by atoms with Gasteiger partial charge in [-0.05, 0) is 19.3 Å². The number of carbonyl (C=O) groups excluding carboxylic acids is 3. The third-order valence-corrected chi connectivity index (χ3v) is 9.86. The summed E-state index contributed by atoms with van der Waals surface area (Å²) in [5.41, 5.74) is 0. The van der Waals surface area contributed by atoms with E-state index in [2.05, 4.69) is 20.8 Å². The molecule has 0 amide bonds. The Morgan fingerprint density at radius 2 is 0.540 bits per heavy atom. The Balaban J connectivity index is 4.30. The predicted octanol–water partition coefficient (Wildman–Crippen LogP) is 13.7. The van der Waals surface area contributed by atoms with E-state index in [4.69, 9.17) is 14.2 Å². The minimum Gasteiger partial charge on any atom is -0.462 e. The second-order valence-electron chi connectivity index (χ2n) is 15.0. The lowest BCUT2D eigenvalue weighted by Crippen LogP contribution is -2.30. The molecule has 0 aromatic rings. The van der Waals surface area contributed by atoms with Crippen LogP contribution in [0.2, 0.25) is 0 Å². The number of unbranched alkanes of at least 4 members (excludes halogenated alkanes) is 29. The Morgan fingerprint density at radius 3 is 0.800 bits per heavy atom. The van der Waals surface area contributed by atoms with Gasteiger partial charge in [0.2, 0.25) is 0 Å². The summed E-state index contributed by atoms with van der Waals surface area (Å²) >= 11 is 0. The number of carbonyl (C=O) groups is 3. The molecule has 0 aromatic heterocycles. The average molecular weight is 709 g/mol. The average Bonchev–Trinajstić information content (AvgIpc) is 3.11. The van der Waals surface area contributed by atoms with Crippen LogP contribution in [-0.2, 0) is 28.6 Å². The van der Waals surface area contributed by atoms with Gasteiger partial charge in [-0.15, -0.1) is 0 Å². The van der Waals surface area contributed by atoms with E-state index in [0.717, 1.165) is 57.8 Å². The number of hydrogen-bond acceptors (Lipinski definition) is 6. The number of esters is 3. The summed E-state index contributed by atoms with van der Waals surface area (Å²) in [5.74, 6) is -0.858. The highest BCUT2D eigenvalue weighted by atomic mass is 16.6. The quantitative estimate of drug-likeness (QED) is 0.0358. The summed E-state index contributed by atoms with van der Waals surface area (Å²) in [4.78, 5) is 37.5. The molecule has 0 saturated carbocycles. The monoisotopic (exact) mass is 709 g/mol. The fraction of sp³-hybridized carbons (Fsp3) is 0.932. The van der Waals surface area contributed by atoms with E-state index in [1.54, 1.807) is 0 Å². The van der Waals surface area contributed by atoms with Crippen molar-refractivity contribution in [2.45, 2.75) is 252 Å². The molecule has 0 aromatic carbocycles. The third kappa shape index (κ3) is 37.7. The standard InChI is InChI=1S/C44H84O6/c1-4-7-10-13-16-19-21-23-25-28-31-34-37-43(46)49-40-41(39-48-42(45)36-33-30-27-18-15-12-9-6-3)50-44(47)38-35-32-29-26-24-22-20-17-14-11-8-5-2/h41H,4-40H2,1-3H3. The Kier molecular flexibility index (Phi) is 38.9. The Labute approximate surface area is 310 Å². The lowest BCUT2D eigenvalue weighted by Gasteiger charge is -2.18. The Morgan fingerprint density at radius 1 is 0.320 bits per heavy atom. The molecule has 0 bridgehead atoms. The van der Waals surface area contributed by atoms with Crippen LogP contribution in [0.4, 0.5) is 0 Å². The number of rotatable bonds is 40. The van der Waals surface area contributed by atoms with Crippen LogP contribution < -0.4 is 0 Å². The molecule has 0 aliphatic heterocycles. The van der Waals surface area contributed by atoms with E-state index in [9.17, 15) is 14.4 Å². The molecular weight excluding hydrogens is 624 g/mol. The van der Waals surface area contributed by atoms with E-state index in [1.807, 2.05) is 0 Å². The van der Waals surface area contributed by atoms with Crippen LogP contribution in [0, 0.1) is 0 Å². The first-order chi connectivity index (χ1) is 24.5. The maximum atomic E-state index is 12.7. The summed E-state index contributed by atoms with van der Waals surface area (Å²) < 4.78 is 16.6. The highest BCUT2D eigenvalue weighted by Crippen LogP contribution is 2.15.